The molecule has 0 N–H and O–H groups in total. The molecule has 0 aliphatic carbocycles. The van der Waals surface area contributed by atoms with Crippen LogP contribution in [0, 0.1) is 11.3 Å². The van der Waals surface area contributed by atoms with Gasteiger partial charge >= 0.3 is 0 Å². The highest BCUT2D eigenvalue weighted by Crippen LogP contribution is 2.31. The zero-order valence-electron chi connectivity index (χ0n) is 18.1. The van der Waals surface area contributed by atoms with Crippen molar-refractivity contribution in [2.45, 2.75) is 26.6 Å². The van der Waals surface area contributed by atoms with Crippen LogP contribution in [-0.4, -0.2) is 28.1 Å². The Bertz CT molecular complexity index is 1300. The molecule has 162 valence electrons. The maximum atomic E-state index is 13.4. The molecule has 6 nitrogen and oxygen atoms in total. The Morgan fingerprint density at radius 1 is 1.12 bits per heavy atom. The quantitative estimate of drug-likeness (QED) is 0.395. The minimum atomic E-state index is -0.166. The highest BCUT2D eigenvalue weighted by molar-refractivity contribution is 7.17. The first-order valence-corrected chi connectivity index (χ1v) is 11.3. The van der Waals surface area contributed by atoms with Crippen LogP contribution in [0.25, 0.3) is 21.3 Å². The first kappa shape index (κ1) is 21.8. The van der Waals surface area contributed by atoms with Crippen LogP contribution >= 0.6 is 11.3 Å². The van der Waals surface area contributed by atoms with Gasteiger partial charge in [0.1, 0.15) is 22.9 Å². The Hall–Kier alpha value is -3.47. The van der Waals surface area contributed by atoms with E-state index in [1.165, 1.54) is 15.9 Å². The Morgan fingerprint density at radius 2 is 1.88 bits per heavy atom. The average molecular weight is 445 g/mol. The normalized spacial score (nSPS) is 11.1. The number of thiophene rings is 1. The van der Waals surface area contributed by atoms with Crippen LogP contribution in [-0.2, 0) is 19.6 Å². The van der Waals surface area contributed by atoms with Gasteiger partial charge in [0.25, 0.3) is 5.56 Å². The molecule has 4 rings (SSSR count). The monoisotopic (exact) mass is 444 g/mol. The van der Waals surface area contributed by atoms with E-state index in [1.54, 1.807) is 0 Å². The van der Waals surface area contributed by atoms with Crippen LogP contribution in [0.15, 0.2) is 64.8 Å². The van der Waals surface area contributed by atoms with Gasteiger partial charge in [0, 0.05) is 17.5 Å². The van der Waals surface area contributed by atoms with Gasteiger partial charge in [-0.15, -0.1) is 11.3 Å². The van der Waals surface area contributed by atoms with Gasteiger partial charge in [-0.25, -0.2) is 4.98 Å². The number of ether oxygens (including phenoxy) is 1. The van der Waals surface area contributed by atoms with Crippen LogP contribution in [0.3, 0.4) is 0 Å². The van der Waals surface area contributed by atoms with E-state index < -0.39 is 0 Å². The van der Waals surface area contributed by atoms with Crippen LogP contribution in [0.2, 0.25) is 0 Å². The molecule has 0 spiro atoms. The first-order chi connectivity index (χ1) is 15.6. The van der Waals surface area contributed by atoms with Crippen molar-refractivity contribution in [2.24, 2.45) is 0 Å². The maximum absolute atomic E-state index is 13.4. The van der Waals surface area contributed by atoms with Gasteiger partial charge in [-0.3, -0.25) is 14.3 Å². The van der Waals surface area contributed by atoms with Crippen molar-refractivity contribution in [1.29, 1.82) is 5.26 Å². The van der Waals surface area contributed by atoms with Crippen molar-refractivity contribution in [3.8, 4) is 22.9 Å². The molecule has 2 aromatic heterocycles. The van der Waals surface area contributed by atoms with E-state index in [9.17, 15) is 10.1 Å². The molecule has 0 radical (unpaired) electrons. The fourth-order valence-electron chi connectivity index (χ4n) is 3.72. The summed E-state index contributed by atoms with van der Waals surface area (Å²) in [6, 6.07) is 19.9. The van der Waals surface area contributed by atoms with E-state index in [2.05, 4.69) is 11.0 Å². The molecule has 0 unspecified atom stereocenters. The third-order valence-corrected chi connectivity index (χ3v) is 6.06. The molecular formula is C25H24N4O2S. The molecule has 0 amide bonds. The van der Waals surface area contributed by atoms with Gasteiger partial charge in [-0.1, -0.05) is 42.5 Å². The number of fused-ring (bicyclic) bond motifs is 1. The van der Waals surface area contributed by atoms with Gasteiger partial charge in [0.05, 0.1) is 24.6 Å². The average Bonchev–Trinajstić information content (AvgIpc) is 3.22. The molecule has 32 heavy (non-hydrogen) atoms. The Kier molecular flexibility index (Phi) is 6.64. The van der Waals surface area contributed by atoms with Crippen molar-refractivity contribution < 1.29 is 4.74 Å². The molecule has 4 aromatic rings. The van der Waals surface area contributed by atoms with Crippen LogP contribution in [0.5, 0.6) is 5.75 Å². The van der Waals surface area contributed by atoms with Crippen molar-refractivity contribution in [2.75, 3.05) is 13.7 Å². The second kappa shape index (κ2) is 9.77. The van der Waals surface area contributed by atoms with Crippen molar-refractivity contribution in [1.82, 2.24) is 14.5 Å². The zero-order chi connectivity index (χ0) is 22.5. The number of nitriles is 1. The lowest BCUT2D eigenvalue weighted by atomic mass is 10.1. The van der Waals surface area contributed by atoms with Gasteiger partial charge in [0.2, 0.25) is 0 Å². The fraction of sp³-hybridized carbons (Fsp3) is 0.240. The summed E-state index contributed by atoms with van der Waals surface area (Å²) in [7, 11) is 1.98. The summed E-state index contributed by atoms with van der Waals surface area (Å²) in [5.74, 6) is 1.44. The summed E-state index contributed by atoms with van der Waals surface area (Å²) in [4.78, 5) is 21.0. The summed E-state index contributed by atoms with van der Waals surface area (Å²) in [6.07, 6.45) is 0. The predicted molar refractivity (Wildman–Crippen MR) is 128 cm³/mol. The standard InChI is InChI=1S/C25H24N4O2S/c1-3-31-20-11-9-18(10-12-20)15-28(2)16-22-27-24-23(25(30)29(22)14-13-26)21(17-32-24)19-7-5-4-6-8-19/h4-12,17H,3,14-16H2,1-2H3. The Balaban J connectivity index is 1.64. The largest absolute Gasteiger partial charge is 0.494 e. The minimum absolute atomic E-state index is 0.0297. The highest BCUT2D eigenvalue weighted by Gasteiger charge is 2.18. The van der Waals surface area contributed by atoms with E-state index >= 15 is 0 Å². The predicted octanol–water partition coefficient (Wildman–Crippen LogP) is 4.68. The van der Waals surface area contributed by atoms with E-state index in [0.717, 1.165) is 22.4 Å². The second-order valence-corrected chi connectivity index (χ2v) is 8.38. The van der Waals surface area contributed by atoms with Crippen molar-refractivity contribution in [3.63, 3.8) is 0 Å². The topological polar surface area (TPSA) is 71.2 Å². The number of nitrogens with zero attached hydrogens (tertiary/aromatic N) is 4. The number of hydrogen-bond acceptors (Lipinski definition) is 6. The first-order valence-electron chi connectivity index (χ1n) is 10.4. The van der Waals surface area contributed by atoms with Gasteiger partial charge < -0.3 is 4.74 Å². The lowest BCUT2D eigenvalue weighted by Gasteiger charge is -2.19. The number of hydrogen-bond donors (Lipinski definition) is 0. The number of aromatic nitrogens is 2. The van der Waals surface area contributed by atoms with Gasteiger partial charge in [-0.2, -0.15) is 5.26 Å². The molecule has 2 heterocycles. The molecule has 7 heteroatoms. The van der Waals surface area contributed by atoms with E-state index in [4.69, 9.17) is 9.72 Å². The lowest BCUT2D eigenvalue weighted by Crippen LogP contribution is -2.29. The van der Waals surface area contributed by atoms with Crippen LogP contribution in [0.4, 0.5) is 0 Å². The summed E-state index contributed by atoms with van der Waals surface area (Å²) in [5, 5.41) is 11.9. The SMILES string of the molecule is CCOc1ccc(CN(C)Cc2nc3scc(-c4ccccc4)c3c(=O)n2CC#N)cc1. The lowest BCUT2D eigenvalue weighted by molar-refractivity contribution is 0.304. The fourth-order valence-corrected chi connectivity index (χ4v) is 4.67. The van der Waals surface area contributed by atoms with Gasteiger partial charge in [0.15, 0.2) is 0 Å². The molecule has 0 saturated carbocycles. The van der Waals surface area contributed by atoms with E-state index in [-0.39, 0.29) is 12.1 Å². The Labute approximate surface area is 190 Å². The summed E-state index contributed by atoms with van der Waals surface area (Å²) in [6.45, 7) is 3.71. The molecule has 0 atom stereocenters. The second-order valence-electron chi connectivity index (χ2n) is 7.52. The van der Waals surface area contributed by atoms with Crippen molar-refractivity contribution >= 4 is 21.6 Å². The molecule has 0 fully saturated rings. The molecular weight excluding hydrogens is 420 g/mol. The van der Waals surface area contributed by atoms with E-state index in [0.29, 0.717) is 35.7 Å². The third-order valence-electron chi connectivity index (χ3n) is 5.18. The third kappa shape index (κ3) is 4.57. The smallest absolute Gasteiger partial charge is 0.263 e. The molecule has 0 saturated heterocycles. The summed E-state index contributed by atoms with van der Waals surface area (Å²) >= 11 is 1.46. The van der Waals surface area contributed by atoms with Crippen LogP contribution in [0.1, 0.15) is 18.3 Å². The summed E-state index contributed by atoms with van der Waals surface area (Å²) < 4.78 is 7.00. The maximum Gasteiger partial charge on any atom is 0.263 e. The van der Waals surface area contributed by atoms with Gasteiger partial charge in [-0.05, 0) is 37.2 Å². The molecule has 0 aliphatic rings. The highest BCUT2D eigenvalue weighted by atomic mass is 32.1. The van der Waals surface area contributed by atoms with E-state index in [1.807, 2.05) is 73.9 Å². The Morgan fingerprint density at radius 3 is 2.56 bits per heavy atom. The van der Waals surface area contributed by atoms with Crippen LogP contribution < -0.4 is 10.3 Å². The number of benzene rings is 2. The summed E-state index contributed by atoms with van der Waals surface area (Å²) in [5.41, 5.74) is 2.81. The molecule has 0 bridgehead atoms. The zero-order valence-corrected chi connectivity index (χ0v) is 18.9. The molecule has 2 aromatic carbocycles. The number of rotatable bonds is 8. The molecule has 0 aliphatic heterocycles. The van der Waals surface area contributed by atoms with Crippen molar-refractivity contribution in [3.05, 3.63) is 81.7 Å². The minimum Gasteiger partial charge on any atom is -0.494 e.